The van der Waals surface area contributed by atoms with Gasteiger partial charge in [0.2, 0.25) is 0 Å². The third-order valence-corrected chi connectivity index (χ3v) is 3.29. The Bertz CT molecular complexity index is 361. The summed E-state index contributed by atoms with van der Waals surface area (Å²) >= 11 is 3.33. The minimum absolute atomic E-state index is 0.429. The summed E-state index contributed by atoms with van der Waals surface area (Å²) < 4.78 is 5.90. The molecule has 0 radical (unpaired) electrons. The first-order chi connectivity index (χ1) is 7.50. The van der Waals surface area contributed by atoms with Crippen LogP contribution in [0.5, 0.6) is 0 Å². The summed E-state index contributed by atoms with van der Waals surface area (Å²) in [6, 6.07) is 7.36. The van der Waals surface area contributed by atoms with Gasteiger partial charge in [0.25, 0.3) is 0 Å². The number of carboxylic acids is 1. The van der Waals surface area contributed by atoms with Crippen molar-refractivity contribution in [2.45, 2.75) is 18.8 Å². The van der Waals surface area contributed by atoms with Crippen LogP contribution in [0.15, 0.2) is 28.7 Å². The van der Waals surface area contributed by atoms with Crippen molar-refractivity contribution in [1.82, 2.24) is 0 Å². The first kappa shape index (κ1) is 13.2. The lowest BCUT2D eigenvalue weighted by Gasteiger charge is -2.25. The summed E-state index contributed by atoms with van der Waals surface area (Å²) in [6.45, 7) is 2.15. The Morgan fingerprint density at radius 2 is 2.00 bits per heavy atom. The molecule has 0 aliphatic heterocycles. The fourth-order valence-electron chi connectivity index (χ4n) is 1.50. The van der Waals surface area contributed by atoms with Crippen LogP contribution in [0, 0.1) is 0 Å². The normalized spacial score (nSPS) is 14.4. The first-order valence-corrected chi connectivity index (χ1v) is 5.78. The number of benzene rings is 1. The molecular formula is C12H15BrO3. The molecule has 0 aliphatic carbocycles. The average Bonchev–Trinajstić information content (AvgIpc) is 2.26. The Morgan fingerprint density at radius 1 is 1.44 bits per heavy atom. The number of hydrogen-bond acceptors (Lipinski definition) is 2. The third kappa shape index (κ3) is 2.83. The van der Waals surface area contributed by atoms with Crippen LogP contribution in [0.4, 0.5) is 0 Å². The van der Waals surface area contributed by atoms with Crippen LogP contribution in [-0.4, -0.2) is 24.8 Å². The molecule has 0 spiro atoms. The van der Waals surface area contributed by atoms with Crippen molar-refractivity contribution in [3.63, 3.8) is 0 Å². The molecule has 0 fully saturated rings. The van der Waals surface area contributed by atoms with E-state index in [1.165, 1.54) is 0 Å². The van der Waals surface area contributed by atoms with Crippen LogP contribution in [0.2, 0.25) is 0 Å². The van der Waals surface area contributed by atoms with Crippen molar-refractivity contribution < 1.29 is 14.6 Å². The van der Waals surface area contributed by atoms with Crippen LogP contribution >= 0.6 is 15.9 Å². The quantitative estimate of drug-likeness (QED) is 0.905. The van der Waals surface area contributed by atoms with Gasteiger partial charge in [-0.2, -0.15) is 0 Å². The van der Waals surface area contributed by atoms with Crippen LogP contribution in [-0.2, 0) is 14.9 Å². The standard InChI is InChI=1S/C12H15BrO3/c1-12(11(14)15,7-8-16-2)9-3-5-10(13)6-4-9/h3-6H,7-8H2,1-2H3,(H,14,15). The van der Waals surface area contributed by atoms with Gasteiger partial charge in [-0.3, -0.25) is 4.79 Å². The minimum Gasteiger partial charge on any atom is -0.481 e. The fourth-order valence-corrected chi connectivity index (χ4v) is 1.76. The van der Waals surface area contributed by atoms with Gasteiger partial charge in [-0.15, -0.1) is 0 Å². The number of hydrogen-bond donors (Lipinski definition) is 1. The molecular weight excluding hydrogens is 272 g/mol. The highest BCUT2D eigenvalue weighted by Gasteiger charge is 2.34. The van der Waals surface area contributed by atoms with Crippen molar-refractivity contribution in [2.75, 3.05) is 13.7 Å². The molecule has 1 unspecified atom stereocenters. The van der Waals surface area contributed by atoms with E-state index in [4.69, 9.17) is 4.74 Å². The molecule has 1 aromatic carbocycles. The van der Waals surface area contributed by atoms with E-state index < -0.39 is 11.4 Å². The van der Waals surface area contributed by atoms with Crippen molar-refractivity contribution >= 4 is 21.9 Å². The van der Waals surface area contributed by atoms with Crippen molar-refractivity contribution in [3.05, 3.63) is 34.3 Å². The molecule has 1 N–H and O–H groups in total. The van der Waals surface area contributed by atoms with Gasteiger partial charge < -0.3 is 9.84 Å². The molecule has 0 amide bonds. The maximum Gasteiger partial charge on any atom is 0.313 e. The molecule has 88 valence electrons. The SMILES string of the molecule is COCCC(C)(C(=O)O)c1ccc(Br)cc1. The van der Waals surface area contributed by atoms with Gasteiger partial charge in [0.1, 0.15) is 0 Å². The number of carboxylic acid groups (broad SMARTS) is 1. The summed E-state index contributed by atoms with van der Waals surface area (Å²) in [5.74, 6) is -0.827. The van der Waals surface area contributed by atoms with Crippen LogP contribution < -0.4 is 0 Å². The maximum absolute atomic E-state index is 11.3. The predicted molar refractivity (Wildman–Crippen MR) is 65.6 cm³/mol. The van der Waals surface area contributed by atoms with Gasteiger partial charge in [0.05, 0.1) is 5.41 Å². The fraction of sp³-hybridized carbons (Fsp3) is 0.417. The van der Waals surface area contributed by atoms with Crippen molar-refractivity contribution in [1.29, 1.82) is 0 Å². The minimum atomic E-state index is -0.892. The predicted octanol–water partition coefficient (Wildman–Crippen LogP) is 2.83. The molecule has 0 heterocycles. The van der Waals surface area contributed by atoms with E-state index in [9.17, 15) is 9.90 Å². The van der Waals surface area contributed by atoms with E-state index >= 15 is 0 Å². The zero-order chi connectivity index (χ0) is 12.2. The lowest BCUT2D eigenvalue weighted by atomic mass is 9.80. The molecule has 16 heavy (non-hydrogen) atoms. The Kier molecular flexibility index (Phi) is 4.50. The summed E-state index contributed by atoms with van der Waals surface area (Å²) in [7, 11) is 1.57. The number of carbonyl (C=O) groups is 1. The second kappa shape index (κ2) is 5.46. The zero-order valence-corrected chi connectivity index (χ0v) is 11.0. The second-order valence-electron chi connectivity index (χ2n) is 3.89. The van der Waals surface area contributed by atoms with Crippen LogP contribution in [0.3, 0.4) is 0 Å². The number of halogens is 1. The number of methoxy groups -OCH3 is 1. The number of aliphatic carboxylic acids is 1. The average molecular weight is 287 g/mol. The first-order valence-electron chi connectivity index (χ1n) is 4.99. The van der Waals surface area contributed by atoms with Crippen LogP contribution in [0.25, 0.3) is 0 Å². The summed E-state index contributed by atoms with van der Waals surface area (Å²) in [6.07, 6.45) is 0.459. The molecule has 1 atom stereocenters. The summed E-state index contributed by atoms with van der Waals surface area (Å²) in [5.41, 5.74) is -0.100. The van der Waals surface area contributed by atoms with Gasteiger partial charge >= 0.3 is 5.97 Å². The van der Waals surface area contributed by atoms with Gasteiger partial charge in [0.15, 0.2) is 0 Å². The van der Waals surface area contributed by atoms with Gasteiger partial charge in [0, 0.05) is 18.2 Å². The number of rotatable bonds is 5. The third-order valence-electron chi connectivity index (χ3n) is 2.76. The summed E-state index contributed by atoms with van der Waals surface area (Å²) in [4.78, 5) is 11.3. The smallest absolute Gasteiger partial charge is 0.313 e. The van der Waals surface area contributed by atoms with E-state index in [0.717, 1.165) is 10.0 Å². The molecule has 0 saturated heterocycles. The van der Waals surface area contributed by atoms with E-state index in [2.05, 4.69) is 15.9 Å². The van der Waals surface area contributed by atoms with Gasteiger partial charge in [-0.1, -0.05) is 28.1 Å². The van der Waals surface area contributed by atoms with Crippen molar-refractivity contribution in [3.8, 4) is 0 Å². The van der Waals surface area contributed by atoms with E-state index in [-0.39, 0.29) is 0 Å². The van der Waals surface area contributed by atoms with Crippen molar-refractivity contribution in [2.24, 2.45) is 0 Å². The molecule has 1 aromatic rings. The highest BCUT2D eigenvalue weighted by atomic mass is 79.9. The Morgan fingerprint density at radius 3 is 2.44 bits per heavy atom. The number of ether oxygens (including phenoxy) is 1. The monoisotopic (exact) mass is 286 g/mol. The highest BCUT2D eigenvalue weighted by Crippen LogP contribution is 2.29. The molecule has 0 aliphatic rings. The van der Waals surface area contributed by atoms with E-state index in [0.29, 0.717) is 13.0 Å². The maximum atomic E-state index is 11.3. The zero-order valence-electron chi connectivity index (χ0n) is 9.37. The highest BCUT2D eigenvalue weighted by molar-refractivity contribution is 9.10. The Balaban J connectivity index is 3.01. The lowest BCUT2D eigenvalue weighted by molar-refractivity contribution is -0.143. The largest absolute Gasteiger partial charge is 0.481 e. The molecule has 4 heteroatoms. The lowest BCUT2D eigenvalue weighted by Crippen LogP contribution is -2.33. The van der Waals surface area contributed by atoms with Gasteiger partial charge in [-0.25, -0.2) is 0 Å². The molecule has 1 rings (SSSR count). The molecule has 0 bridgehead atoms. The van der Waals surface area contributed by atoms with Crippen LogP contribution in [0.1, 0.15) is 18.9 Å². The van der Waals surface area contributed by atoms with E-state index in [1.54, 1.807) is 14.0 Å². The Labute approximate surface area is 104 Å². The molecule has 0 saturated carbocycles. The Hall–Kier alpha value is -0.870. The molecule has 3 nitrogen and oxygen atoms in total. The topological polar surface area (TPSA) is 46.5 Å². The summed E-state index contributed by atoms with van der Waals surface area (Å²) in [5, 5.41) is 9.31. The molecule has 0 aromatic heterocycles. The van der Waals surface area contributed by atoms with E-state index in [1.807, 2.05) is 24.3 Å². The van der Waals surface area contributed by atoms with Gasteiger partial charge in [-0.05, 0) is 31.0 Å². The second-order valence-corrected chi connectivity index (χ2v) is 4.80.